The number of ether oxygens (including phenoxy) is 1. The molecule has 0 unspecified atom stereocenters. The van der Waals surface area contributed by atoms with Crippen LogP contribution in [0.25, 0.3) is 0 Å². The number of nitrogens with one attached hydrogen (secondary N) is 1. The van der Waals surface area contributed by atoms with Crippen molar-refractivity contribution in [2.75, 3.05) is 32.9 Å². The molecule has 0 rings (SSSR count). The Morgan fingerprint density at radius 2 is 1.95 bits per heavy atom. The first-order valence-electron chi connectivity index (χ1n) is 7.19. The van der Waals surface area contributed by atoms with Crippen molar-refractivity contribution in [3.8, 4) is 0 Å². The number of amides is 1. The normalized spacial score (nSPS) is 10.5. The van der Waals surface area contributed by atoms with Crippen LogP contribution in [0.4, 0.5) is 0 Å². The smallest absolute Gasteiger partial charge is 0.248 e. The van der Waals surface area contributed by atoms with Crippen molar-refractivity contribution in [2.24, 2.45) is 11.1 Å². The highest BCUT2D eigenvalue weighted by atomic mass is 16.5. The lowest BCUT2D eigenvalue weighted by molar-refractivity contribution is -0.117. The lowest BCUT2D eigenvalue weighted by Gasteiger charge is -2.21. The molecule has 0 atom stereocenters. The molecule has 0 heterocycles. The second-order valence-electron chi connectivity index (χ2n) is 5.44. The van der Waals surface area contributed by atoms with E-state index >= 15 is 0 Å². The number of rotatable bonds is 9. The van der Waals surface area contributed by atoms with Gasteiger partial charge in [-0.05, 0) is 19.4 Å². The number of carbonyl (C=O) groups excluding carboxylic acids is 1. The molecule has 1 amide bonds. The van der Waals surface area contributed by atoms with Crippen molar-refractivity contribution < 1.29 is 14.6 Å². The van der Waals surface area contributed by atoms with Gasteiger partial charge < -0.3 is 20.9 Å². The predicted molar refractivity (Wildman–Crippen MR) is 83.5 cm³/mol. The van der Waals surface area contributed by atoms with Gasteiger partial charge in [0.25, 0.3) is 0 Å². The van der Waals surface area contributed by atoms with E-state index in [4.69, 9.17) is 15.6 Å². The van der Waals surface area contributed by atoms with Gasteiger partial charge in [0, 0.05) is 24.1 Å². The monoisotopic (exact) mass is 288 g/mol. The van der Waals surface area contributed by atoms with Crippen LogP contribution in [0.1, 0.15) is 40.5 Å². The molecule has 0 saturated carbocycles. The van der Waals surface area contributed by atoms with Crippen LogP contribution >= 0.6 is 0 Å². The summed E-state index contributed by atoms with van der Waals surface area (Å²) in [5.74, 6) is -0.260. The van der Waals surface area contributed by atoms with Gasteiger partial charge in [0.15, 0.2) is 0 Å². The zero-order valence-corrected chi connectivity index (χ0v) is 13.5. The Balaban J connectivity index is 0. The average molecular weight is 288 g/mol. The highest BCUT2D eigenvalue weighted by Crippen LogP contribution is 2.12. The molecule has 5 heteroatoms. The maximum atomic E-state index is 10.8. The van der Waals surface area contributed by atoms with Gasteiger partial charge in [-0.3, -0.25) is 4.79 Å². The average Bonchev–Trinajstić information content (AvgIpc) is 2.44. The molecule has 0 bridgehead atoms. The number of aliphatic hydroxyl groups is 1. The Labute approximate surface area is 123 Å². The van der Waals surface area contributed by atoms with Crippen molar-refractivity contribution in [1.29, 1.82) is 0 Å². The van der Waals surface area contributed by atoms with E-state index in [9.17, 15) is 4.79 Å². The molecule has 0 saturated heterocycles. The van der Waals surface area contributed by atoms with Gasteiger partial charge in [-0.25, -0.2) is 0 Å². The zero-order chi connectivity index (χ0) is 16.0. The summed E-state index contributed by atoms with van der Waals surface area (Å²) in [6, 6.07) is 0. The zero-order valence-electron chi connectivity index (χ0n) is 13.5. The molecule has 0 radical (unpaired) electrons. The number of hydrogen-bond acceptors (Lipinski definition) is 4. The van der Waals surface area contributed by atoms with Crippen LogP contribution in [-0.2, 0) is 9.53 Å². The summed E-state index contributed by atoms with van der Waals surface area (Å²) in [5.41, 5.74) is 5.87. The van der Waals surface area contributed by atoms with Crippen molar-refractivity contribution >= 4 is 5.91 Å². The van der Waals surface area contributed by atoms with Gasteiger partial charge in [0.2, 0.25) is 5.91 Å². The number of nitrogens with two attached hydrogens (primary N) is 1. The van der Waals surface area contributed by atoms with E-state index < -0.39 is 0 Å². The molecule has 20 heavy (non-hydrogen) atoms. The van der Waals surface area contributed by atoms with Gasteiger partial charge in [-0.2, -0.15) is 0 Å². The third-order valence-corrected chi connectivity index (χ3v) is 2.44. The molecule has 0 spiro atoms. The summed E-state index contributed by atoms with van der Waals surface area (Å²) in [6.07, 6.45) is 1.98. The van der Waals surface area contributed by atoms with Crippen LogP contribution in [0.5, 0.6) is 0 Å². The van der Waals surface area contributed by atoms with Gasteiger partial charge in [-0.1, -0.05) is 34.3 Å². The Kier molecular flexibility index (Phi) is 14.0. The third-order valence-electron chi connectivity index (χ3n) is 2.44. The molecule has 0 aromatic heterocycles. The van der Waals surface area contributed by atoms with Gasteiger partial charge in [0.05, 0.1) is 13.2 Å². The van der Waals surface area contributed by atoms with E-state index in [1.807, 2.05) is 6.92 Å². The van der Waals surface area contributed by atoms with Gasteiger partial charge >= 0.3 is 0 Å². The van der Waals surface area contributed by atoms with Crippen LogP contribution in [0.15, 0.2) is 12.2 Å². The standard InChI is InChI=1S/C8H19NO.C7H13NO2/c1-4-5-10-7-8(2,3)6-9;1-3-4-8-7(10)6(2)5-9/h4-7,9H2,1-3H3;9H,2-5H2,1H3,(H,8,10). The quantitative estimate of drug-likeness (QED) is 0.443. The largest absolute Gasteiger partial charge is 0.391 e. The van der Waals surface area contributed by atoms with Gasteiger partial charge in [-0.15, -0.1) is 0 Å². The van der Waals surface area contributed by atoms with E-state index in [2.05, 4.69) is 32.7 Å². The summed E-state index contributed by atoms with van der Waals surface area (Å²) in [6.45, 7) is 14.3. The van der Waals surface area contributed by atoms with Crippen LogP contribution < -0.4 is 11.1 Å². The first-order chi connectivity index (χ1) is 9.34. The Hall–Kier alpha value is -0.910. The number of aliphatic hydroxyl groups excluding tert-OH is 1. The summed E-state index contributed by atoms with van der Waals surface area (Å²) in [4.78, 5) is 10.8. The summed E-state index contributed by atoms with van der Waals surface area (Å²) in [7, 11) is 0. The fourth-order valence-electron chi connectivity index (χ4n) is 0.987. The first kappa shape index (κ1) is 21.4. The third kappa shape index (κ3) is 13.5. The van der Waals surface area contributed by atoms with E-state index in [0.717, 1.165) is 26.1 Å². The van der Waals surface area contributed by atoms with Crippen molar-refractivity contribution in [3.05, 3.63) is 12.2 Å². The fourth-order valence-corrected chi connectivity index (χ4v) is 0.987. The predicted octanol–water partition coefficient (Wildman–Crippen LogP) is 1.46. The minimum Gasteiger partial charge on any atom is -0.391 e. The Morgan fingerprint density at radius 3 is 2.35 bits per heavy atom. The molecule has 0 aliphatic heterocycles. The van der Waals surface area contributed by atoms with Crippen LogP contribution in [0.3, 0.4) is 0 Å². The molecule has 0 aromatic rings. The molecule has 120 valence electrons. The number of hydrogen-bond donors (Lipinski definition) is 3. The van der Waals surface area contributed by atoms with E-state index in [-0.39, 0.29) is 23.5 Å². The SMILES string of the molecule is C=C(CO)C(=O)NCCC.CCCOCC(C)(C)CN. The van der Waals surface area contributed by atoms with Gasteiger partial charge in [0.1, 0.15) is 0 Å². The second-order valence-corrected chi connectivity index (χ2v) is 5.44. The van der Waals surface area contributed by atoms with Crippen molar-refractivity contribution in [1.82, 2.24) is 5.32 Å². The molecule has 0 aromatic carbocycles. The Morgan fingerprint density at radius 1 is 1.35 bits per heavy atom. The molecule has 4 N–H and O–H groups in total. The molecule has 0 fully saturated rings. The maximum Gasteiger partial charge on any atom is 0.248 e. The minimum absolute atomic E-state index is 0.148. The fraction of sp³-hybridized carbons (Fsp3) is 0.800. The van der Waals surface area contributed by atoms with Crippen LogP contribution in [0, 0.1) is 5.41 Å². The molecular formula is C15H32N2O3. The van der Waals surface area contributed by atoms with E-state index in [0.29, 0.717) is 13.1 Å². The highest BCUT2D eigenvalue weighted by molar-refractivity contribution is 5.92. The van der Waals surface area contributed by atoms with E-state index in [1.165, 1.54) is 0 Å². The summed E-state index contributed by atoms with van der Waals surface area (Å²) in [5, 5.41) is 11.0. The molecular weight excluding hydrogens is 256 g/mol. The number of carbonyl (C=O) groups is 1. The van der Waals surface area contributed by atoms with Crippen LogP contribution in [-0.4, -0.2) is 43.9 Å². The highest BCUT2D eigenvalue weighted by Gasteiger charge is 2.14. The molecule has 5 nitrogen and oxygen atoms in total. The lowest BCUT2D eigenvalue weighted by atomic mass is 9.95. The Bertz CT molecular complexity index is 266. The minimum atomic E-state index is -0.268. The molecule has 0 aliphatic rings. The molecule has 0 aliphatic carbocycles. The second kappa shape index (κ2) is 13.1. The van der Waals surface area contributed by atoms with E-state index in [1.54, 1.807) is 0 Å². The lowest BCUT2D eigenvalue weighted by Crippen LogP contribution is -2.28. The maximum absolute atomic E-state index is 10.8. The van der Waals surface area contributed by atoms with Crippen molar-refractivity contribution in [2.45, 2.75) is 40.5 Å². The topological polar surface area (TPSA) is 84.6 Å². The van der Waals surface area contributed by atoms with Crippen LogP contribution in [0.2, 0.25) is 0 Å². The first-order valence-corrected chi connectivity index (χ1v) is 7.19. The van der Waals surface area contributed by atoms with Crippen molar-refractivity contribution in [3.63, 3.8) is 0 Å². The summed E-state index contributed by atoms with van der Waals surface area (Å²) >= 11 is 0. The summed E-state index contributed by atoms with van der Waals surface area (Å²) < 4.78 is 5.36.